The lowest BCUT2D eigenvalue weighted by molar-refractivity contribution is -0.274. The summed E-state index contributed by atoms with van der Waals surface area (Å²) < 4.78 is 69.5. The fraction of sp³-hybridized carbons (Fsp3) is 0.105. The highest BCUT2D eigenvalue weighted by molar-refractivity contribution is 7.91. The molecule has 0 spiro atoms. The van der Waals surface area contributed by atoms with Gasteiger partial charge in [-0.25, -0.2) is 13.4 Å². The first-order valence-electron chi connectivity index (χ1n) is 9.22. The average Bonchev–Trinajstić information content (AvgIpc) is 3.51. The van der Waals surface area contributed by atoms with Crippen LogP contribution in [0.2, 0.25) is 0 Å². The van der Waals surface area contributed by atoms with Crippen molar-refractivity contribution in [3.8, 4) is 5.75 Å². The normalized spacial score (nSPS) is 12.5. The van der Waals surface area contributed by atoms with Crippen molar-refractivity contribution in [3.63, 3.8) is 0 Å². The Morgan fingerprint density at radius 1 is 1.06 bits per heavy atom. The van der Waals surface area contributed by atoms with Crippen LogP contribution in [0.15, 0.2) is 63.1 Å². The molecule has 0 fully saturated rings. The molecule has 5 rings (SSSR count). The number of nitrogens with one attached hydrogen (secondary N) is 1. The third kappa shape index (κ3) is 4.12. The number of ether oxygens (including phenoxy) is 1. The van der Waals surface area contributed by atoms with Crippen LogP contribution in [-0.2, 0) is 16.4 Å². The Morgan fingerprint density at radius 3 is 2.55 bits per heavy atom. The van der Waals surface area contributed by atoms with E-state index in [4.69, 9.17) is 0 Å². The maximum absolute atomic E-state index is 13.2. The largest absolute Gasteiger partial charge is 0.573 e. The quantitative estimate of drug-likeness (QED) is 0.352. The summed E-state index contributed by atoms with van der Waals surface area (Å²) in [5.74, 6) is -0.0546. The zero-order chi connectivity index (χ0) is 23.2. The molecule has 14 heteroatoms. The Kier molecular flexibility index (Phi) is 5.22. The van der Waals surface area contributed by atoms with Gasteiger partial charge in [0.25, 0.3) is 0 Å². The predicted octanol–water partition coefficient (Wildman–Crippen LogP) is 4.74. The number of nitrogens with zero attached hydrogens (tertiary/aromatic N) is 4. The van der Waals surface area contributed by atoms with Crippen LogP contribution >= 0.6 is 22.7 Å². The summed E-state index contributed by atoms with van der Waals surface area (Å²) in [7, 11) is -4.23. The number of benzene rings is 1. The first-order valence-corrected chi connectivity index (χ1v) is 12.5. The number of fused-ring (bicyclic) bond motifs is 3. The van der Waals surface area contributed by atoms with Gasteiger partial charge in [0, 0.05) is 4.88 Å². The molecule has 170 valence electrons. The van der Waals surface area contributed by atoms with Crippen molar-refractivity contribution in [1.29, 1.82) is 0 Å². The van der Waals surface area contributed by atoms with Crippen LogP contribution in [0.5, 0.6) is 5.75 Å². The minimum absolute atomic E-state index is 0.00481. The summed E-state index contributed by atoms with van der Waals surface area (Å²) in [5.41, 5.74) is 0.631. The molecule has 0 saturated heterocycles. The van der Waals surface area contributed by atoms with Crippen molar-refractivity contribution in [2.24, 2.45) is 0 Å². The highest BCUT2D eigenvalue weighted by Gasteiger charge is 2.32. The Balaban J connectivity index is 1.56. The number of halogens is 3. The second kappa shape index (κ2) is 7.97. The molecule has 0 aliphatic heterocycles. The van der Waals surface area contributed by atoms with E-state index in [9.17, 15) is 21.6 Å². The molecule has 0 radical (unpaired) electrons. The zero-order valence-corrected chi connectivity index (χ0v) is 18.7. The Bertz CT molecular complexity index is 1540. The smallest absolute Gasteiger partial charge is 0.406 e. The Labute approximate surface area is 192 Å². The van der Waals surface area contributed by atoms with Gasteiger partial charge in [0.1, 0.15) is 11.6 Å². The van der Waals surface area contributed by atoms with Crippen LogP contribution in [-0.4, -0.2) is 34.6 Å². The van der Waals surface area contributed by atoms with Gasteiger partial charge in [0.2, 0.25) is 14.9 Å². The number of alkyl halides is 3. The number of sulfone groups is 1. The minimum atomic E-state index is -4.88. The summed E-state index contributed by atoms with van der Waals surface area (Å²) in [6, 6.07) is 9.54. The number of hydrogen-bond donors (Lipinski definition) is 1. The maximum Gasteiger partial charge on any atom is 0.573 e. The fourth-order valence-electron chi connectivity index (χ4n) is 3.13. The highest BCUT2D eigenvalue weighted by atomic mass is 32.2. The zero-order valence-electron chi connectivity index (χ0n) is 16.3. The monoisotopic (exact) mass is 511 g/mol. The van der Waals surface area contributed by atoms with Crippen molar-refractivity contribution in [3.05, 3.63) is 58.1 Å². The molecular weight excluding hydrogens is 499 g/mol. The van der Waals surface area contributed by atoms with Gasteiger partial charge in [-0.05, 0) is 47.2 Å². The second-order valence-corrected chi connectivity index (χ2v) is 10.5. The summed E-state index contributed by atoms with van der Waals surface area (Å²) in [4.78, 5) is 5.29. The molecule has 5 aromatic rings. The number of aromatic nitrogens is 4. The van der Waals surface area contributed by atoms with Crippen molar-refractivity contribution in [2.45, 2.75) is 22.8 Å². The van der Waals surface area contributed by atoms with Crippen LogP contribution in [0.1, 0.15) is 4.88 Å². The van der Waals surface area contributed by atoms with E-state index >= 15 is 0 Å². The first kappa shape index (κ1) is 21.6. The molecule has 0 bridgehead atoms. The van der Waals surface area contributed by atoms with Crippen molar-refractivity contribution < 1.29 is 26.3 Å². The van der Waals surface area contributed by atoms with Gasteiger partial charge >= 0.3 is 6.36 Å². The number of thiophene rings is 2. The topological polar surface area (TPSA) is 98.5 Å². The summed E-state index contributed by atoms with van der Waals surface area (Å²) in [6.07, 6.45) is -4.88. The molecule has 1 aromatic carbocycles. The average molecular weight is 512 g/mol. The van der Waals surface area contributed by atoms with Gasteiger partial charge in [0.15, 0.2) is 5.65 Å². The molecule has 4 aromatic heterocycles. The standard InChI is InChI=1S/C19H12F3N5O3S3/c20-19(21,22)30-11-3-5-13(6-4-11)33(28,29)18-17-24-16(23-10-12-2-1-8-31-12)15-14(7-9-32-15)27(17)26-25-18/h1-9H,10H2,(H,23,24). The van der Waals surface area contributed by atoms with Crippen molar-refractivity contribution in [2.75, 3.05) is 5.32 Å². The van der Waals surface area contributed by atoms with Gasteiger partial charge in [-0.15, -0.1) is 40.9 Å². The molecule has 33 heavy (non-hydrogen) atoms. The van der Waals surface area contributed by atoms with Gasteiger partial charge in [-0.3, -0.25) is 0 Å². The second-order valence-electron chi connectivity index (χ2n) is 6.68. The summed E-state index contributed by atoms with van der Waals surface area (Å²) in [5, 5.41) is 14.4. The SMILES string of the molecule is O=S(=O)(c1ccc(OC(F)(F)F)cc1)c1nnn2c1nc(NCc1cccs1)c1sccc12. The van der Waals surface area contributed by atoms with Gasteiger partial charge in [0.05, 0.1) is 21.7 Å². The van der Waals surface area contributed by atoms with Crippen LogP contribution in [0.4, 0.5) is 19.0 Å². The Hall–Kier alpha value is -3.23. The van der Waals surface area contributed by atoms with Crippen molar-refractivity contribution in [1.82, 2.24) is 19.8 Å². The molecule has 4 heterocycles. The number of anilines is 1. The van der Waals surface area contributed by atoms with E-state index < -0.39 is 27.0 Å². The molecule has 0 saturated carbocycles. The van der Waals surface area contributed by atoms with E-state index in [0.717, 1.165) is 33.8 Å². The van der Waals surface area contributed by atoms with Crippen LogP contribution in [0, 0.1) is 0 Å². The lowest BCUT2D eigenvalue weighted by atomic mass is 10.3. The summed E-state index contributed by atoms with van der Waals surface area (Å²) in [6.45, 7) is 0.498. The van der Waals surface area contributed by atoms with E-state index in [0.29, 0.717) is 17.9 Å². The van der Waals surface area contributed by atoms with Crippen LogP contribution < -0.4 is 10.1 Å². The molecule has 0 aliphatic carbocycles. The first-order chi connectivity index (χ1) is 15.7. The predicted molar refractivity (Wildman–Crippen MR) is 116 cm³/mol. The van der Waals surface area contributed by atoms with Gasteiger partial charge in [-0.1, -0.05) is 11.3 Å². The molecule has 0 unspecified atom stereocenters. The fourth-order valence-corrected chi connectivity index (χ4v) is 5.85. The minimum Gasteiger partial charge on any atom is -0.406 e. The van der Waals surface area contributed by atoms with E-state index in [1.54, 1.807) is 17.4 Å². The van der Waals surface area contributed by atoms with E-state index in [-0.39, 0.29) is 10.5 Å². The number of rotatable bonds is 6. The van der Waals surface area contributed by atoms with E-state index in [2.05, 4.69) is 25.3 Å². The third-order valence-electron chi connectivity index (χ3n) is 4.55. The van der Waals surface area contributed by atoms with Gasteiger partial charge < -0.3 is 10.1 Å². The highest BCUT2D eigenvalue weighted by Crippen LogP contribution is 2.32. The molecule has 1 N–H and O–H groups in total. The molecule has 0 aliphatic rings. The molecule has 0 amide bonds. The number of hydrogen-bond acceptors (Lipinski definition) is 9. The van der Waals surface area contributed by atoms with Crippen molar-refractivity contribution >= 4 is 54.2 Å². The molecule has 8 nitrogen and oxygen atoms in total. The Morgan fingerprint density at radius 2 is 1.85 bits per heavy atom. The third-order valence-corrected chi connectivity index (χ3v) is 8.01. The maximum atomic E-state index is 13.2. The molecule has 0 atom stereocenters. The van der Waals surface area contributed by atoms with Gasteiger partial charge in [-0.2, -0.15) is 4.52 Å². The summed E-state index contributed by atoms with van der Waals surface area (Å²) >= 11 is 2.99. The lowest BCUT2D eigenvalue weighted by Crippen LogP contribution is -2.17. The van der Waals surface area contributed by atoms with E-state index in [1.165, 1.54) is 15.9 Å². The van der Waals surface area contributed by atoms with E-state index in [1.807, 2.05) is 22.9 Å². The van der Waals surface area contributed by atoms with Crippen LogP contribution in [0.3, 0.4) is 0 Å². The van der Waals surface area contributed by atoms with Crippen LogP contribution in [0.25, 0.3) is 15.9 Å². The molecular formula is C19H12F3N5O3S3. The lowest BCUT2D eigenvalue weighted by Gasteiger charge is -2.09.